The molecule has 0 aliphatic rings. The van der Waals surface area contributed by atoms with Gasteiger partial charge in [-0.1, -0.05) is 0 Å². The van der Waals surface area contributed by atoms with Crippen LogP contribution in [0.5, 0.6) is 0 Å². The van der Waals surface area contributed by atoms with Crippen molar-refractivity contribution in [3.63, 3.8) is 0 Å². The Morgan fingerprint density at radius 2 is 0.500 bits per heavy atom. The monoisotopic (exact) mass is 400 g/mol. The van der Waals surface area contributed by atoms with Crippen LogP contribution in [0.15, 0.2) is 0 Å². The Kier molecular flexibility index (Phi) is 110. The van der Waals surface area contributed by atoms with Crippen LogP contribution in [-0.2, 0) is 64.3 Å². The van der Waals surface area contributed by atoms with Gasteiger partial charge in [-0.3, -0.25) is 0 Å². The molecule has 6 N–H and O–H groups in total. The van der Waals surface area contributed by atoms with Crippen molar-refractivity contribution in [3.8, 4) is 0 Å². The van der Waals surface area contributed by atoms with E-state index in [1.54, 1.807) is 0 Å². The third-order valence-electron chi connectivity index (χ3n) is 0. The maximum absolute atomic E-state index is 8.89. The molecule has 0 rings (SSSR count). The van der Waals surface area contributed by atoms with Gasteiger partial charge in [0.1, 0.15) is 0 Å². The van der Waals surface area contributed by atoms with E-state index in [0.29, 0.717) is 0 Å². The predicted molar refractivity (Wildman–Crippen MR) is 52.5 cm³/mol. The maximum atomic E-state index is 8.89. The molecule has 130 valence electrons. The number of carboxylic acids is 4. The van der Waals surface area contributed by atoms with Crippen LogP contribution in [0.25, 0.3) is 0 Å². The molecule has 0 spiro atoms. The second kappa shape index (κ2) is 43.1. The van der Waals surface area contributed by atoms with Gasteiger partial charge in [0.05, 0.1) is 0 Å². The van der Waals surface area contributed by atoms with Crippen LogP contribution in [0.4, 0.5) is 0 Å². The summed E-state index contributed by atoms with van der Waals surface area (Å²) in [6, 6.07) is 0. The molecule has 0 saturated carbocycles. The van der Waals surface area contributed by atoms with Crippen LogP contribution >= 0.6 is 0 Å². The summed E-state index contributed by atoms with van der Waals surface area (Å²) in [6.07, 6.45) is 0. The van der Waals surface area contributed by atoms with Crippen molar-refractivity contribution in [2.75, 3.05) is 0 Å². The summed E-state index contributed by atoms with van der Waals surface area (Å²) in [7, 11) is 0. The number of carboxylic acid groups (broad SMARTS) is 4. The van der Waals surface area contributed by atoms with Crippen molar-refractivity contribution in [1.29, 1.82) is 0 Å². The summed E-state index contributed by atoms with van der Waals surface area (Å²) in [6.45, 7) is 3.89. The summed E-state index contributed by atoms with van der Waals surface area (Å²) in [4.78, 5) is 35.6. The van der Waals surface area contributed by atoms with Gasteiger partial charge in [-0.25, -0.2) is 0 Å². The van der Waals surface area contributed by atoms with Crippen LogP contribution in [0, 0.1) is 0 Å². The van der Waals surface area contributed by atoms with Gasteiger partial charge in [0, 0.05) is 23.9 Å². The van der Waals surface area contributed by atoms with E-state index in [4.69, 9.17) is 39.6 Å². The number of hydrogen-bond donors (Lipinski definition) is 0. The molecule has 20 heavy (non-hydrogen) atoms. The molecule has 0 aliphatic carbocycles. The second-order valence-corrected chi connectivity index (χ2v) is 1.97. The summed E-state index contributed by atoms with van der Waals surface area (Å²) in [5.74, 6) is -4.33. The normalized spacial score (nSPS) is 5.00. The molecule has 2 radical (unpaired) electrons. The first-order valence-electron chi connectivity index (χ1n) is 3.63. The maximum Gasteiger partial charge on any atom is 2.00 e. The first-order valence-corrected chi connectivity index (χ1v) is 3.63. The molecular weight excluding hydrogens is 383 g/mol. The molecule has 0 aromatic carbocycles. The molecule has 0 amide bonds. The number of hydrogen-bond acceptors (Lipinski definition) is 8. The second-order valence-electron chi connectivity index (χ2n) is 1.97. The van der Waals surface area contributed by atoms with Gasteiger partial charge in [-0.2, -0.15) is 0 Å². The minimum absolute atomic E-state index is 0. The summed E-state index contributed by atoms with van der Waals surface area (Å²) < 4.78 is 0. The number of carbonyl (C=O) groups excluding carboxylic acids is 4. The number of carbonyl (C=O) groups is 4. The van der Waals surface area contributed by atoms with E-state index in [2.05, 4.69) is 0 Å². The van der Waals surface area contributed by atoms with Gasteiger partial charge < -0.3 is 50.6 Å². The Labute approximate surface area is 136 Å². The Balaban J connectivity index is -0.0000000150. The van der Waals surface area contributed by atoms with Gasteiger partial charge >= 0.3 is 34.1 Å². The molecule has 0 saturated heterocycles. The number of aliphatic carboxylic acids is 4. The van der Waals surface area contributed by atoms with E-state index >= 15 is 0 Å². The average Bonchev–Trinajstić information content (AvgIpc) is 1.76. The van der Waals surface area contributed by atoms with Crippen LogP contribution in [0.2, 0.25) is 0 Å². The number of rotatable bonds is 0. The minimum atomic E-state index is -1.08. The molecule has 0 unspecified atom stereocenters. The Bertz CT molecular complexity index is 167. The Morgan fingerprint density at radius 1 is 0.500 bits per heavy atom. The summed E-state index contributed by atoms with van der Waals surface area (Å²) in [5, 5.41) is 35.6. The predicted octanol–water partition coefficient (Wildman–Crippen LogP) is -6.82. The third kappa shape index (κ3) is 3130. The van der Waals surface area contributed by atoms with Crippen LogP contribution in [-0.4, -0.2) is 23.9 Å². The third-order valence-corrected chi connectivity index (χ3v) is 0. The fourth-order valence-corrected chi connectivity index (χ4v) is 0. The zero-order chi connectivity index (χ0) is 14.3. The molecule has 0 aromatic rings. The zero-order valence-electron chi connectivity index (χ0n) is 11.0. The SMILES string of the molecule is CC(=O)[O-].CC(=O)[O-].CC(=O)[O-].CC(=O)[O-].[Cu+2].[Cu+2].[OH3+].[OH3+]. The van der Waals surface area contributed by atoms with Crippen molar-refractivity contribution in [1.82, 2.24) is 0 Å². The van der Waals surface area contributed by atoms with Crippen molar-refractivity contribution >= 4 is 23.9 Å². The van der Waals surface area contributed by atoms with Crippen molar-refractivity contribution in [2.45, 2.75) is 27.7 Å². The van der Waals surface area contributed by atoms with E-state index in [1.165, 1.54) is 0 Å². The largest absolute Gasteiger partial charge is 2.00 e. The van der Waals surface area contributed by atoms with Crippen molar-refractivity contribution in [3.05, 3.63) is 0 Å². The van der Waals surface area contributed by atoms with E-state index in [0.717, 1.165) is 27.7 Å². The molecule has 0 atom stereocenters. The van der Waals surface area contributed by atoms with Crippen molar-refractivity contribution in [2.24, 2.45) is 0 Å². The van der Waals surface area contributed by atoms with E-state index in [-0.39, 0.29) is 45.1 Å². The van der Waals surface area contributed by atoms with Gasteiger partial charge in [0.25, 0.3) is 0 Å². The van der Waals surface area contributed by atoms with E-state index in [1.807, 2.05) is 0 Å². The first-order chi connectivity index (χ1) is 6.93. The van der Waals surface area contributed by atoms with Crippen LogP contribution < -0.4 is 20.4 Å². The van der Waals surface area contributed by atoms with Gasteiger partial charge in [-0.15, -0.1) is 0 Å². The van der Waals surface area contributed by atoms with Crippen LogP contribution in [0.1, 0.15) is 27.7 Å². The van der Waals surface area contributed by atoms with Gasteiger partial charge in [0.15, 0.2) is 0 Å². The van der Waals surface area contributed by atoms with E-state index < -0.39 is 23.9 Å². The molecular formula is C8H18Cu2O10+2. The Morgan fingerprint density at radius 3 is 0.500 bits per heavy atom. The molecule has 12 heteroatoms. The van der Waals surface area contributed by atoms with Crippen LogP contribution in [0.3, 0.4) is 0 Å². The standard InChI is InChI=1S/4C2H4O2.2Cu.2H2O/c4*1-2(3)4;;;;/h4*1H3,(H,3,4);;;2*1H2/q;;;;2*+2;;/p-2. The topological polar surface area (TPSA) is 227 Å². The Hall–Kier alpha value is -1.16. The minimum Gasteiger partial charge on any atom is -0.550 e. The fraction of sp³-hybridized carbons (Fsp3) is 0.500. The molecule has 0 bridgehead atoms. The fourth-order valence-electron chi connectivity index (χ4n) is 0. The molecule has 10 nitrogen and oxygen atoms in total. The van der Waals surface area contributed by atoms with Gasteiger partial charge in [0.2, 0.25) is 0 Å². The zero-order valence-corrected chi connectivity index (χ0v) is 12.9. The average molecular weight is 401 g/mol. The molecule has 0 aliphatic heterocycles. The summed E-state index contributed by atoms with van der Waals surface area (Å²) >= 11 is 0. The summed E-state index contributed by atoms with van der Waals surface area (Å²) in [5.41, 5.74) is 0. The van der Waals surface area contributed by atoms with Gasteiger partial charge in [-0.05, 0) is 27.7 Å². The smallest absolute Gasteiger partial charge is 0.550 e. The first kappa shape index (κ1) is 51.0. The molecule has 0 aromatic heterocycles. The molecule has 0 fully saturated rings. The molecule has 0 heterocycles. The van der Waals surface area contributed by atoms with E-state index in [9.17, 15) is 0 Å². The van der Waals surface area contributed by atoms with Crippen molar-refractivity contribution < 1.29 is 84.7 Å². The quantitative estimate of drug-likeness (QED) is 0.279.